The van der Waals surface area contributed by atoms with E-state index in [0.717, 1.165) is 54.8 Å². The maximum Gasteiger partial charge on any atom is 0.261 e. The number of nitrogens with one attached hydrogen (secondary N) is 2. The molecule has 0 fully saturated rings. The molecule has 2 heterocycles. The molecule has 0 spiro atoms. The van der Waals surface area contributed by atoms with E-state index in [1.807, 2.05) is 47.0 Å². The van der Waals surface area contributed by atoms with Crippen molar-refractivity contribution < 1.29 is 0 Å². The summed E-state index contributed by atoms with van der Waals surface area (Å²) in [7, 11) is 0. The summed E-state index contributed by atoms with van der Waals surface area (Å²) in [5.41, 5.74) is 2.49. The fraction of sp³-hybridized carbons (Fsp3) is 0.286. The van der Waals surface area contributed by atoms with Crippen molar-refractivity contribution >= 4 is 45.5 Å². The van der Waals surface area contributed by atoms with Gasteiger partial charge in [0.1, 0.15) is 5.82 Å². The highest BCUT2D eigenvalue weighted by Crippen LogP contribution is 2.19. The quantitative estimate of drug-likeness (QED) is 0.629. The first-order valence-electron chi connectivity index (χ1n) is 9.43. The second-order valence-corrected chi connectivity index (χ2v) is 7.74. The van der Waals surface area contributed by atoms with Gasteiger partial charge in [-0.05, 0) is 54.9 Å². The van der Waals surface area contributed by atoms with Gasteiger partial charge in [-0.1, -0.05) is 36.2 Å². The molecule has 0 amide bonds. The summed E-state index contributed by atoms with van der Waals surface area (Å²) in [5, 5.41) is 8.08. The highest BCUT2D eigenvalue weighted by molar-refractivity contribution is 7.80. The molecule has 0 atom stereocenters. The monoisotopic (exact) mass is 412 g/mol. The van der Waals surface area contributed by atoms with Crippen LogP contribution in [-0.2, 0) is 19.5 Å². The molecule has 7 heteroatoms. The van der Waals surface area contributed by atoms with E-state index >= 15 is 0 Å². The van der Waals surface area contributed by atoms with Gasteiger partial charge in [0, 0.05) is 30.2 Å². The zero-order valence-corrected chi connectivity index (χ0v) is 16.9. The lowest BCUT2D eigenvalue weighted by Gasteiger charge is -2.13. The molecule has 2 aromatic carbocycles. The van der Waals surface area contributed by atoms with Crippen molar-refractivity contribution in [2.45, 2.75) is 38.8 Å². The molecule has 0 saturated carbocycles. The smallest absolute Gasteiger partial charge is 0.261 e. The molecule has 1 aromatic heterocycles. The first kappa shape index (κ1) is 18.9. The average Bonchev–Trinajstić information content (AvgIpc) is 2.94. The van der Waals surface area contributed by atoms with Gasteiger partial charge in [0.05, 0.1) is 10.9 Å². The van der Waals surface area contributed by atoms with Gasteiger partial charge in [-0.2, -0.15) is 0 Å². The van der Waals surface area contributed by atoms with Gasteiger partial charge in [-0.15, -0.1) is 0 Å². The number of halogens is 1. The van der Waals surface area contributed by atoms with Gasteiger partial charge in [-0.3, -0.25) is 9.36 Å². The first-order valence-corrected chi connectivity index (χ1v) is 10.2. The number of fused-ring (bicyclic) bond motifs is 2. The van der Waals surface area contributed by atoms with Crippen LogP contribution in [0.25, 0.3) is 10.9 Å². The highest BCUT2D eigenvalue weighted by Gasteiger charge is 2.14. The molecule has 0 radical (unpaired) electrons. The third-order valence-corrected chi connectivity index (χ3v) is 5.59. The van der Waals surface area contributed by atoms with Crippen LogP contribution in [0.15, 0.2) is 47.3 Å². The number of hydrogen-bond acceptors (Lipinski definition) is 3. The van der Waals surface area contributed by atoms with Crippen molar-refractivity contribution in [2.24, 2.45) is 0 Å². The SMILES string of the molecule is O=c1c2cc(NC(=S)NCc3ccccc3Cl)ccc2nc2n1CCCCC2. The predicted octanol–water partition coefficient (Wildman–Crippen LogP) is 4.26. The van der Waals surface area contributed by atoms with Crippen molar-refractivity contribution in [3.05, 3.63) is 69.2 Å². The van der Waals surface area contributed by atoms with Crippen molar-refractivity contribution in [3.8, 4) is 0 Å². The Morgan fingerprint density at radius 2 is 2.04 bits per heavy atom. The Bertz CT molecular complexity index is 1100. The molecule has 4 rings (SSSR count). The fourth-order valence-corrected chi connectivity index (χ4v) is 3.88. The molecular formula is C21H21ClN4OS. The standard InChI is InChI=1S/C21H21ClN4OS/c22-17-7-4-3-6-14(17)13-23-21(28)24-15-9-10-18-16(12-15)20(27)26-11-5-1-2-8-19(26)25-18/h3-4,6-7,9-10,12H,1-2,5,8,11,13H2,(H2,23,24,28). The van der Waals surface area contributed by atoms with E-state index in [-0.39, 0.29) is 5.56 Å². The summed E-state index contributed by atoms with van der Waals surface area (Å²) >= 11 is 11.6. The van der Waals surface area contributed by atoms with Crippen LogP contribution in [-0.4, -0.2) is 14.7 Å². The van der Waals surface area contributed by atoms with Gasteiger partial charge in [0.15, 0.2) is 5.11 Å². The molecule has 5 nitrogen and oxygen atoms in total. The van der Waals surface area contributed by atoms with Crippen molar-refractivity contribution in [1.82, 2.24) is 14.9 Å². The van der Waals surface area contributed by atoms with E-state index in [0.29, 0.717) is 22.1 Å². The molecular weight excluding hydrogens is 392 g/mol. The lowest BCUT2D eigenvalue weighted by atomic mass is 10.2. The van der Waals surface area contributed by atoms with E-state index < -0.39 is 0 Å². The summed E-state index contributed by atoms with van der Waals surface area (Å²) < 4.78 is 1.83. The average molecular weight is 413 g/mol. The van der Waals surface area contributed by atoms with E-state index in [4.69, 9.17) is 28.8 Å². The van der Waals surface area contributed by atoms with Crippen LogP contribution in [0.1, 0.15) is 30.7 Å². The molecule has 0 saturated heterocycles. The number of anilines is 1. The third-order valence-electron chi connectivity index (χ3n) is 4.97. The van der Waals surface area contributed by atoms with Crippen LogP contribution in [0.3, 0.4) is 0 Å². The number of rotatable bonds is 3. The van der Waals surface area contributed by atoms with Gasteiger partial charge < -0.3 is 10.6 Å². The Labute approximate surface area is 173 Å². The minimum atomic E-state index is 0.0282. The molecule has 0 bridgehead atoms. The maximum absolute atomic E-state index is 12.9. The van der Waals surface area contributed by atoms with Crippen LogP contribution < -0.4 is 16.2 Å². The Morgan fingerprint density at radius 1 is 1.18 bits per heavy atom. The molecule has 28 heavy (non-hydrogen) atoms. The van der Waals surface area contributed by atoms with Crippen LogP contribution in [0.5, 0.6) is 0 Å². The molecule has 1 aliphatic heterocycles. The lowest BCUT2D eigenvalue weighted by molar-refractivity contribution is 0.614. The number of thiocarbonyl (C=S) groups is 1. The Balaban J connectivity index is 1.53. The molecule has 1 aliphatic rings. The summed E-state index contributed by atoms with van der Waals surface area (Å²) in [5.74, 6) is 0.896. The van der Waals surface area contributed by atoms with Crippen LogP contribution in [0, 0.1) is 0 Å². The topological polar surface area (TPSA) is 59.0 Å². The normalized spacial score (nSPS) is 13.6. The number of nitrogens with zero attached hydrogens (tertiary/aromatic N) is 2. The highest BCUT2D eigenvalue weighted by atomic mass is 35.5. The van der Waals surface area contributed by atoms with Gasteiger partial charge in [-0.25, -0.2) is 4.98 Å². The molecule has 0 unspecified atom stereocenters. The third kappa shape index (κ3) is 4.03. The van der Waals surface area contributed by atoms with E-state index in [9.17, 15) is 4.79 Å². The van der Waals surface area contributed by atoms with Gasteiger partial charge >= 0.3 is 0 Å². The van der Waals surface area contributed by atoms with Crippen LogP contribution in [0.2, 0.25) is 5.02 Å². The van der Waals surface area contributed by atoms with E-state index in [1.54, 1.807) is 0 Å². The molecule has 3 aromatic rings. The molecule has 0 aliphatic carbocycles. The summed E-state index contributed by atoms with van der Waals surface area (Å²) in [6.07, 6.45) is 4.11. The van der Waals surface area contributed by atoms with E-state index in [1.165, 1.54) is 0 Å². The van der Waals surface area contributed by atoms with Crippen LogP contribution >= 0.6 is 23.8 Å². The van der Waals surface area contributed by atoms with Crippen molar-refractivity contribution in [2.75, 3.05) is 5.32 Å². The zero-order chi connectivity index (χ0) is 19.5. The van der Waals surface area contributed by atoms with Gasteiger partial charge in [0.25, 0.3) is 5.56 Å². The minimum absolute atomic E-state index is 0.0282. The number of aryl methyl sites for hydroxylation is 1. The second kappa shape index (κ2) is 8.29. The minimum Gasteiger partial charge on any atom is -0.358 e. The van der Waals surface area contributed by atoms with E-state index in [2.05, 4.69) is 10.6 Å². The summed E-state index contributed by atoms with van der Waals surface area (Å²) in [6, 6.07) is 13.2. The molecule has 144 valence electrons. The molecule has 2 N–H and O–H groups in total. The predicted molar refractivity (Wildman–Crippen MR) is 118 cm³/mol. The summed E-state index contributed by atoms with van der Waals surface area (Å²) in [4.78, 5) is 17.7. The number of benzene rings is 2. The largest absolute Gasteiger partial charge is 0.358 e. The maximum atomic E-state index is 12.9. The van der Waals surface area contributed by atoms with Crippen molar-refractivity contribution in [3.63, 3.8) is 0 Å². The lowest BCUT2D eigenvalue weighted by Crippen LogP contribution is -2.28. The first-order chi connectivity index (χ1) is 13.6. The Hall–Kier alpha value is -2.44. The second-order valence-electron chi connectivity index (χ2n) is 6.93. The Morgan fingerprint density at radius 3 is 2.89 bits per heavy atom. The Kier molecular flexibility index (Phi) is 5.59. The fourth-order valence-electron chi connectivity index (χ4n) is 3.49. The van der Waals surface area contributed by atoms with Gasteiger partial charge in [0.2, 0.25) is 0 Å². The van der Waals surface area contributed by atoms with Crippen molar-refractivity contribution in [1.29, 1.82) is 0 Å². The zero-order valence-electron chi connectivity index (χ0n) is 15.4. The number of hydrogen-bond donors (Lipinski definition) is 2. The number of aromatic nitrogens is 2. The summed E-state index contributed by atoms with van der Waals surface area (Å²) in [6.45, 7) is 1.27. The van der Waals surface area contributed by atoms with Crippen LogP contribution in [0.4, 0.5) is 5.69 Å².